The van der Waals surface area contributed by atoms with Gasteiger partial charge in [0.2, 0.25) is 5.91 Å². The van der Waals surface area contributed by atoms with Crippen LogP contribution in [0.2, 0.25) is 0 Å². The third kappa shape index (κ3) is 3.23. The molecule has 2 aliphatic rings. The summed E-state index contributed by atoms with van der Waals surface area (Å²) in [6, 6.07) is 0.288. The normalized spacial score (nSPS) is 31.1. The lowest BCUT2D eigenvalue weighted by Gasteiger charge is -2.33. The van der Waals surface area contributed by atoms with Gasteiger partial charge in [0.15, 0.2) is 0 Å². The second kappa shape index (κ2) is 6.34. The lowest BCUT2D eigenvalue weighted by atomic mass is 9.84. The molecule has 5 heteroatoms. The van der Waals surface area contributed by atoms with E-state index < -0.39 is 5.97 Å². The molecule has 5 nitrogen and oxygen atoms in total. The van der Waals surface area contributed by atoms with Crippen LogP contribution in [0.1, 0.15) is 47.0 Å². The van der Waals surface area contributed by atoms with Crippen molar-refractivity contribution in [1.82, 2.24) is 10.2 Å². The molecule has 4 unspecified atom stereocenters. The van der Waals surface area contributed by atoms with Gasteiger partial charge in [0, 0.05) is 18.1 Å². The van der Waals surface area contributed by atoms with E-state index in [1.165, 1.54) is 0 Å². The number of hydrogen-bond donors (Lipinski definition) is 2. The van der Waals surface area contributed by atoms with Crippen molar-refractivity contribution in [3.8, 4) is 0 Å². The van der Waals surface area contributed by atoms with Crippen LogP contribution in [0.4, 0.5) is 0 Å². The Morgan fingerprint density at radius 2 is 1.71 bits per heavy atom. The van der Waals surface area contributed by atoms with E-state index in [2.05, 4.69) is 5.32 Å². The number of carbonyl (C=O) groups is 2. The maximum absolute atomic E-state index is 12.4. The molecule has 0 aromatic rings. The van der Waals surface area contributed by atoms with Crippen molar-refractivity contribution in [2.45, 2.75) is 65.1 Å². The first-order chi connectivity index (χ1) is 9.82. The minimum Gasteiger partial charge on any atom is -0.481 e. The maximum atomic E-state index is 12.4. The molecule has 0 aromatic heterocycles. The molecule has 0 radical (unpaired) electrons. The molecule has 2 aliphatic carbocycles. The van der Waals surface area contributed by atoms with Crippen LogP contribution in [0.3, 0.4) is 0 Å². The number of aliphatic carboxylic acids is 1. The van der Waals surface area contributed by atoms with E-state index in [0.717, 1.165) is 19.3 Å². The maximum Gasteiger partial charge on any atom is 0.308 e. The molecule has 0 spiro atoms. The number of hydrogen-bond acceptors (Lipinski definition) is 3. The molecular weight excluding hydrogens is 268 g/mol. The molecule has 0 heterocycles. The Labute approximate surface area is 127 Å². The van der Waals surface area contributed by atoms with E-state index in [0.29, 0.717) is 11.8 Å². The van der Waals surface area contributed by atoms with Crippen molar-refractivity contribution in [1.29, 1.82) is 0 Å². The van der Waals surface area contributed by atoms with Crippen LogP contribution in [0.25, 0.3) is 0 Å². The van der Waals surface area contributed by atoms with Crippen molar-refractivity contribution in [3.63, 3.8) is 0 Å². The Bertz CT molecular complexity index is 400. The first kappa shape index (κ1) is 16.3. The van der Waals surface area contributed by atoms with Gasteiger partial charge in [-0.3, -0.25) is 9.59 Å². The molecule has 0 aromatic carbocycles. The highest BCUT2D eigenvalue weighted by molar-refractivity contribution is 5.79. The fourth-order valence-corrected chi connectivity index (χ4v) is 4.41. The highest BCUT2D eigenvalue weighted by atomic mass is 16.4. The largest absolute Gasteiger partial charge is 0.481 e. The first-order valence-electron chi connectivity index (χ1n) is 8.10. The SMILES string of the molecule is CC(C)N(C(=O)CNC1C2CCC(C2)C1C(=O)O)C(C)C. The first-order valence-corrected chi connectivity index (χ1v) is 8.10. The molecule has 1 amide bonds. The summed E-state index contributed by atoms with van der Waals surface area (Å²) >= 11 is 0. The van der Waals surface area contributed by atoms with Gasteiger partial charge in [-0.1, -0.05) is 0 Å². The quantitative estimate of drug-likeness (QED) is 0.783. The smallest absolute Gasteiger partial charge is 0.308 e. The second-order valence-corrected chi connectivity index (χ2v) is 7.09. The summed E-state index contributed by atoms with van der Waals surface area (Å²) in [5.41, 5.74) is 0. The highest BCUT2D eigenvalue weighted by Crippen LogP contribution is 2.48. The van der Waals surface area contributed by atoms with Gasteiger partial charge in [-0.25, -0.2) is 0 Å². The second-order valence-electron chi connectivity index (χ2n) is 7.09. The van der Waals surface area contributed by atoms with E-state index in [4.69, 9.17) is 0 Å². The zero-order valence-electron chi connectivity index (χ0n) is 13.5. The molecule has 2 bridgehead atoms. The van der Waals surface area contributed by atoms with E-state index >= 15 is 0 Å². The fraction of sp³-hybridized carbons (Fsp3) is 0.875. The zero-order valence-corrected chi connectivity index (χ0v) is 13.5. The van der Waals surface area contributed by atoms with Crippen LogP contribution in [0, 0.1) is 17.8 Å². The Morgan fingerprint density at radius 3 is 2.24 bits per heavy atom. The van der Waals surface area contributed by atoms with Gasteiger partial charge in [-0.15, -0.1) is 0 Å². The topological polar surface area (TPSA) is 69.6 Å². The summed E-state index contributed by atoms with van der Waals surface area (Å²) in [6.45, 7) is 8.28. The van der Waals surface area contributed by atoms with Gasteiger partial charge in [-0.2, -0.15) is 0 Å². The van der Waals surface area contributed by atoms with E-state index in [1.807, 2.05) is 32.6 Å². The molecule has 120 valence electrons. The minimum atomic E-state index is -0.711. The summed E-state index contributed by atoms with van der Waals surface area (Å²) in [4.78, 5) is 25.7. The molecule has 2 N–H and O–H groups in total. The standard InChI is InChI=1S/C16H28N2O3/c1-9(2)18(10(3)4)13(19)8-17-15-12-6-5-11(7-12)14(15)16(20)21/h9-12,14-15,17H,5-8H2,1-4H3,(H,20,21). The molecule has 0 saturated heterocycles. The van der Waals surface area contributed by atoms with Crippen molar-refractivity contribution in [2.24, 2.45) is 17.8 Å². The Morgan fingerprint density at radius 1 is 1.14 bits per heavy atom. The molecular formula is C16H28N2O3. The van der Waals surface area contributed by atoms with Crippen LogP contribution >= 0.6 is 0 Å². The fourth-order valence-electron chi connectivity index (χ4n) is 4.41. The van der Waals surface area contributed by atoms with Crippen LogP contribution in [-0.2, 0) is 9.59 Å². The van der Waals surface area contributed by atoms with Crippen LogP contribution in [0.5, 0.6) is 0 Å². The molecule has 2 fully saturated rings. The average molecular weight is 296 g/mol. The number of nitrogens with one attached hydrogen (secondary N) is 1. The van der Waals surface area contributed by atoms with Crippen molar-refractivity contribution < 1.29 is 14.7 Å². The minimum absolute atomic E-state index is 0.0358. The van der Waals surface area contributed by atoms with Gasteiger partial charge in [-0.05, 0) is 58.8 Å². The summed E-state index contributed by atoms with van der Waals surface area (Å²) in [5, 5.41) is 12.7. The van der Waals surface area contributed by atoms with Crippen LogP contribution in [-0.4, -0.2) is 46.6 Å². The summed E-state index contributed by atoms with van der Waals surface area (Å²) in [5.74, 6) is -0.242. The lowest BCUT2D eigenvalue weighted by Crippen LogP contribution is -2.51. The third-order valence-corrected chi connectivity index (χ3v) is 5.09. The van der Waals surface area contributed by atoms with Gasteiger partial charge >= 0.3 is 5.97 Å². The van der Waals surface area contributed by atoms with Crippen molar-refractivity contribution >= 4 is 11.9 Å². The van der Waals surface area contributed by atoms with Crippen molar-refractivity contribution in [3.05, 3.63) is 0 Å². The van der Waals surface area contributed by atoms with E-state index in [9.17, 15) is 14.7 Å². The summed E-state index contributed by atoms with van der Waals surface area (Å²) in [7, 11) is 0. The molecule has 21 heavy (non-hydrogen) atoms. The third-order valence-electron chi connectivity index (χ3n) is 5.09. The zero-order chi connectivity index (χ0) is 15.7. The summed E-state index contributed by atoms with van der Waals surface area (Å²) in [6.07, 6.45) is 3.12. The molecule has 2 saturated carbocycles. The van der Waals surface area contributed by atoms with Gasteiger partial charge in [0.1, 0.15) is 0 Å². The number of rotatable bonds is 6. The van der Waals surface area contributed by atoms with E-state index in [-0.39, 0.29) is 36.5 Å². The number of amides is 1. The number of nitrogens with zero attached hydrogens (tertiary/aromatic N) is 1. The Balaban J connectivity index is 1.96. The molecule has 0 aliphatic heterocycles. The Hall–Kier alpha value is -1.10. The lowest BCUT2D eigenvalue weighted by molar-refractivity contribution is -0.145. The predicted molar refractivity (Wildman–Crippen MR) is 80.9 cm³/mol. The van der Waals surface area contributed by atoms with Gasteiger partial charge in [0.25, 0.3) is 0 Å². The molecule has 2 rings (SSSR count). The summed E-state index contributed by atoms with van der Waals surface area (Å²) < 4.78 is 0. The number of carboxylic acids is 1. The number of carbonyl (C=O) groups excluding carboxylic acids is 1. The highest BCUT2D eigenvalue weighted by Gasteiger charge is 2.50. The van der Waals surface area contributed by atoms with Crippen LogP contribution < -0.4 is 5.32 Å². The van der Waals surface area contributed by atoms with Gasteiger partial charge < -0.3 is 15.3 Å². The van der Waals surface area contributed by atoms with Crippen molar-refractivity contribution in [2.75, 3.05) is 6.54 Å². The average Bonchev–Trinajstić information content (AvgIpc) is 2.95. The monoisotopic (exact) mass is 296 g/mol. The van der Waals surface area contributed by atoms with Crippen LogP contribution in [0.15, 0.2) is 0 Å². The van der Waals surface area contributed by atoms with Gasteiger partial charge in [0.05, 0.1) is 12.5 Å². The Kier molecular flexibility index (Phi) is 4.91. The predicted octanol–water partition coefficient (Wildman–Crippen LogP) is 1.72. The van der Waals surface area contributed by atoms with E-state index in [1.54, 1.807) is 0 Å². The number of carboxylic acid groups (broad SMARTS) is 1. The number of fused-ring (bicyclic) bond motifs is 2. The molecule has 4 atom stereocenters.